The normalized spacial score (nSPS) is 10.4. The molecule has 0 aliphatic rings. The van der Waals surface area contributed by atoms with Crippen molar-refractivity contribution in [2.45, 2.75) is 0 Å². The summed E-state index contributed by atoms with van der Waals surface area (Å²) in [4.78, 5) is 8.33. The Morgan fingerprint density at radius 2 is 2.00 bits per heavy atom. The van der Waals surface area contributed by atoms with E-state index in [0.29, 0.717) is 11.3 Å². The molecule has 0 unspecified atom stereocenters. The van der Waals surface area contributed by atoms with E-state index < -0.39 is 0 Å². The minimum absolute atomic E-state index is 0.257. The molecule has 0 fully saturated rings. The number of hydrogen-bond acceptors (Lipinski definition) is 5. The lowest BCUT2D eigenvalue weighted by molar-refractivity contribution is 0.439. The Labute approximate surface area is 103 Å². The molecule has 3 aromatic heterocycles. The molecular formula is C13H10N4O. The van der Waals surface area contributed by atoms with E-state index in [-0.39, 0.29) is 5.88 Å². The van der Waals surface area contributed by atoms with Gasteiger partial charge >= 0.3 is 0 Å². The highest BCUT2D eigenvalue weighted by atomic mass is 16.5. The molecule has 0 atom stereocenters. The van der Waals surface area contributed by atoms with Crippen molar-refractivity contribution < 1.29 is 4.52 Å². The molecule has 0 radical (unpaired) electrons. The van der Waals surface area contributed by atoms with Gasteiger partial charge in [0.2, 0.25) is 5.88 Å². The number of pyridine rings is 2. The smallest absolute Gasteiger partial charge is 0.232 e. The third-order valence-electron chi connectivity index (χ3n) is 2.57. The Morgan fingerprint density at radius 1 is 1.06 bits per heavy atom. The molecule has 0 spiro atoms. The van der Waals surface area contributed by atoms with Gasteiger partial charge in [0.25, 0.3) is 0 Å². The largest absolute Gasteiger partial charge is 0.367 e. The molecule has 5 heteroatoms. The van der Waals surface area contributed by atoms with Crippen molar-refractivity contribution in [1.82, 2.24) is 15.1 Å². The fraction of sp³-hybridized carbons (Fsp3) is 0. The number of anilines is 1. The van der Waals surface area contributed by atoms with Crippen LogP contribution in [-0.2, 0) is 0 Å². The zero-order chi connectivity index (χ0) is 12.4. The standard InChI is InChI=1S/C13H10N4O/c14-13-11(10-5-1-2-7-16-10)12(17-18-13)9-4-3-6-15-8-9/h1-8H,14H2. The van der Waals surface area contributed by atoms with Crippen LogP contribution < -0.4 is 5.73 Å². The maximum Gasteiger partial charge on any atom is 0.232 e. The summed E-state index contributed by atoms with van der Waals surface area (Å²) in [5.41, 5.74) is 8.75. The predicted molar refractivity (Wildman–Crippen MR) is 67.4 cm³/mol. The average Bonchev–Trinajstić information content (AvgIpc) is 2.83. The average molecular weight is 238 g/mol. The molecule has 0 aliphatic carbocycles. The van der Waals surface area contributed by atoms with Crippen molar-refractivity contribution in [1.29, 1.82) is 0 Å². The second-order valence-electron chi connectivity index (χ2n) is 3.73. The number of nitrogen functional groups attached to an aromatic ring is 1. The molecule has 88 valence electrons. The third kappa shape index (κ3) is 1.71. The van der Waals surface area contributed by atoms with Gasteiger partial charge in [0.1, 0.15) is 5.69 Å². The van der Waals surface area contributed by atoms with Gasteiger partial charge in [0, 0.05) is 24.2 Å². The van der Waals surface area contributed by atoms with Crippen molar-refractivity contribution in [2.24, 2.45) is 0 Å². The molecule has 3 heterocycles. The Kier molecular flexibility index (Phi) is 2.49. The minimum atomic E-state index is 0.257. The SMILES string of the molecule is Nc1onc(-c2cccnc2)c1-c1ccccn1. The highest BCUT2D eigenvalue weighted by Gasteiger charge is 2.18. The van der Waals surface area contributed by atoms with Crippen LogP contribution in [-0.4, -0.2) is 15.1 Å². The Morgan fingerprint density at radius 3 is 2.72 bits per heavy atom. The van der Waals surface area contributed by atoms with E-state index in [1.807, 2.05) is 30.3 Å². The van der Waals surface area contributed by atoms with E-state index in [1.165, 1.54) is 0 Å². The van der Waals surface area contributed by atoms with E-state index >= 15 is 0 Å². The lowest BCUT2D eigenvalue weighted by Crippen LogP contribution is -1.90. The van der Waals surface area contributed by atoms with Gasteiger partial charge < -0.3 is 10.3 Å². The summed E-state index contributed by atoms with van der Waals surface area (Å²) in [7, 11) is 0. The predicted octanol–water partition coefficient (Wildman–Crippen LogP) is 2.38. The van der Waals surface area contributed by atoms with Gasteiger partial charge in [-0.1, -0.05) is 11.2 Å². The van der Waals surface area contributed by atoms with Crippen LogP contribution in [0.3, 0.4) is 0 Å². The number of nitrogens with two attached hydrogens (primary N) is 1. The van der Waals surface area contributed by atoms with Crippen molar-refractivity contribution in [3.8, 4) is 22.5 Å². The maximum absolute atomic E-state index is 5.82. The summed E-state index contributed by atoms with van der Waals surface area (Å²) in [6, 6.07) is 9.33. The van der Waals surface area contributed by atoms with Crippen LogP contribution in [0.4, 0.5) is 5.88 Å². The first kappa shape index (κ1) is 10.5. The summed E-state index contributed by atoms with van der Waals surface area (Å²) in [5, 5.41) is 3.98. The molecule has 2 N–H and O–H groups in total. The fourth-order valence-corrected chi connectivity index (χ4v) is 1.76. The molecule has 0 saturated carbocycles. The Balaban J connectivity index is 2.19. The van der Waals surface area contributed by atoms with E-state index in [4.69, 9.17) is 10.3 Å². The van der Waals surface area contributed by atoms with Crippen molar-refractivity contribution >= 4 is 5.88 Å². The molecule has 3 aromatic rings. The molecule has 5 nitrogen and oxygen atoms in total. The van der Waals surface area contributed by atoms with Crippen LogP contribution in [0.2, 0.25) is 0 Å². The van der Waals surface area contributed by atoms with Gasteiger partial charge in [-0.05, 0) is 24.3 Å². The zero-order valence-corrected chi connectivity index (χ0v) is 9.45. The van der Waals surface area contributed by atoms with Crippen LogP contribution in [0, 0.1) is 0 Å². The minimum Gasteiger partial charge on any atom is -0.367 e. The lowest BCUT2D eigenvalue weighted by atomic mass is 10.1. The van der Waals surface area contributed by atoms with Crippen molar-refractivity contribution in [3.63, 3.8) is 0 Å². The number of nitrogens with zero attached hydrogens (tertiary/aromatic N) is 3. The Bertz CT molecular complexity index is 649. The van der Waals surface area contributed by atoms with Crippen LogP contribution in [0.25, 0.3) is 22.5 Å². The summed E-state index contributed by atoms with van der Waals surface area (Å²) < 4.78 is 5.06. The summed E-state index contributed by atoms with van der Waals surface area (Å²) >= 11 is 0. The second kappa shape index (κ2) is 4.29. The summed E-state index contributed by atoms with van der Waals surface area (Å²) in [5.74, 6) is 0.257. The van der Waals surface area contributed by atoms with Crippen molar-refractivity contribution in [2.75, 3.05) is 5.73 Å². The molecule has 0 bridgehead atoms. The lowest BCUT2D eigenvalue weighted by Gasteiger charge is -2.00. The molecule has 0 aromatic carbocycles. The monoisotopic (exact) mass is 238 g/mol. The number of rotatable bonds is 2. The van der Waals surface area contributed by atoms with Gasteiger partial charge in [0.05, 0.1) is 11.3 Å². The Hall–Kier alpha value is -2.69. The zero-order valence-electron chi connectivity index (χ0n) is 9.45. The highest BCUT2D eigenvalue weighted by molar-refractivity contribution is 5.84. The van der Waals surface area contributed by atoms with Gasteiger partial charge in [-0.2, -0.15) is 0 Å². The van der Waals surface area contributed by atoms with Gasteiger partial charge in [-0.25, -0.2) is 0 Å². The quantitative estimate of drug-likeness (QED) is 0.741. The van der Waals surface area contributed by atoms with Crippen LogP contribution in [0.1, 0.15) is 0 Å². The molecule has 0 saturated heterocycles. The van der Waals surface area contributed by atoms with Crippen LogP contribution >= 0.6 is 0 Å². The van der Waals surface area contributed by atoms with Crippen molar-refractivity contribution in [3.05, 3.63) is 48.9 Å². The fourth-order valence-electron chi connectivity index (χ4n) is 1.76. The van der Waals surface area contributed by atoms with Crippen LogP contribution in [0.15, 0.2) is 53.4 Å². The van der Waals surface area contributed by atoms with Crippen LogP contribution in [0.5, 0.6) is 0 Å². The van der Waals surface area contributed by atoms with E-state index in [0.717, 1.165) is 11.3 Å². The molecule has 0 amide bonds. The van der Waals surface area contributed by atoms with E-state index in [1.54, 1.807) is 18.6 Å². The van der Waals surface area contributed by atoms with Gasteiger partial charge in [0.15, 0.2) is 0 Å². The summed E-state index contributed by atoms with van der Waals surface area (Å²) in [6.07, 6.45) is 5.12. The van der Waals surface area contributed by atoms with Gasteiger partial charge in [-0.15, -0.1) is 0 Å². The van der Waals surface area contributed by atoms with E-state index in [9.17, 15) is 0 Å². The topological polar surface area (TPSA) is 77.8 Å². The van der Waals surface area contributed by atoms with Gasteiger partial charge in [-0.3, -0.25) is 9.97 Å². The second-order valence-corrected chi connectivity index (χ2v) is 3.73. The summed E-state index contributed by atoms with van der Waals surface area (Å²) in [6.45, 7) is 0. The first-order chi connectivity index (χ1) is 8.86. The third-order valence-corrected chi connectivity index (χ3v) is 2.57. The van der Waals surface area contributed by atoms with E-state index in [2.05, 4.69) is 15.1 Å². The molecule has 3 rings (SSSR count). The maximum atomic E-state index is 5.82. The first-order valence-corrected chi connectivity index (χ1v) is 5.43. The molecule has 18 heavy (non-hydrogen) atoms. The first-order valence-electron chi connectivity index (χ1n) is 5.43. The molecular weight excluding hydrogens is 228 g/mol. The molecule has 0 aliphatic heterocycles. The number of aromatic nitrogens is 3. The highest BCUT2D eigenvalue weighted by Crippen LogP contribution is 2.34. The number of hydrogen-bond donors (Lipinski definition) is 1.